The van der Waals surface area contributed by atoms with Gasteiger partial charge in [0.2, 0.25) is 0 Å². The van der Waals surface area contributed by atoms with Gasteiger partial charge in [0, 0.05) is 22.9 Å². The number of hydrogen-bond donors (Lipinski definition) is 0. The maximum atomic E-state index is 11.2. The lowest BCUT2D eigenvalue weighted by atomic mass is 10.3. The van der Waals surface area contributed by atoms with Crippen LogP contribution in [0.25, 0.3) is 0 Å². The zero-order valence-electron chi connectivity index (χ0n) is 11.0. The van der Waals surface area contributed by atoms with Crippen LogP contribution in [0.3, 0.4) is 0 Å². The van der Waals surface area contributed by atoms with Crippen LogP contribution < -0.4 is 9.47 Å². The molecule has 1 aliphatic heterocycles. The molecule has 1 aromatic carbocycles. The van der Waals surface area contributed by atoms with Crippen molar-refractivity contribution in [2.45, 2.75) is 16.7 Å². The number of fused-ring (bicyclic) bond motifs is 1. The highest BCUT2D eigenvalue weighted by molar-refractivity contribution is 7.99. The van der Waals surface area contributed by atoms with E-state index in [1.165, 1.54) is 6.92 Å². The fourth-order valence-electron chi connectivity index (χ4n) is 1.87. The smallest absolute Gasteiger partial charge is 0.178 e. The Kier molecular flexibility index (Phi) is 3.60. The molecule has 0 radical (unpaired) electrons. The normalized spacial score (nSPS) is 13.1. The molecular formula is C15H13NO3S. The summed E-state index contributed by atoms with van der Waals surface area (Å²) < 4.78 is 11.0. The number of ketones is 1. The molecule has 5 heteroatoms. The van der Waals surface area contributed by atoms with Gasteiger partial charge in [0.15, 0.2) is 17.3 Å². The summed E-state index contributed by atoms with van der Waals surface area (Å²) in [4.78, 5) is 17.3. The summed E-state index contributed by atoms with van der Waals surface area (Å²) in [6, 6.07) is 9.48. The Balaban J connectivity index is 1.78. The average Bonchev–Trinajstić information content (AvgIpc) is 2.48. The van der Waals surface area contributed by atoms with Crippen molar-refractivity contribution < 1.29 is 14.3 Å². The SMILES string of the molecule is CC(=O)c1ccc(Sc2ccc3c(c2)OCCO3)cn1. The lowest BCUT2D eigenvalue weighted by Crippen LogP contribution is -2.15. The maximum Gasteiger partial charge on any atom is 0.178 e. The van der Waals surface area contributed by atoms with Gasteiger partial charge in [-0.3, -0.25) is 9.78 Å². The van der Waals surface area contributed by atoms with Gasteiger partial charge in [-0.1, -0.05) is 11.8 Å². The molecule has 3 rings (SSSR count). The van der Waals surface area contributed by atoms with Gasteiger partial charge in [-0.25, -0.2) is 0 Å². The molecule has 0 N–H and O–H groups in total. The topological polar surface area (TPSA) is 48.4 Å². The predicted molar refractivity (Wildman–Crippen MR) is 75.8 cm³/mol. The maximum absolute atomic E-state index is 11.2. The van der Waals surface area contributed by atoms with Gasteiger partial charge in [-0.15, -0.1) is 0 Å². The summed E-state index contributed by atoms with van der Waals surface area (Å²) in [5.41, 5.74) is 0.483. The fourth-order valence-corrected chi connectivity index (χ4v) is 2.69. The minimum Gasteiger partial charge on any atom is -0.486 e. The second-order valence-corrected chi connectivity index (χ2v) is 5.49. The molecular weight excluding hydrogens is 274 g/mol. The molecule has 0 saturated heterocycles. The molecule has 20 heavy (non-hydrogen) atoms. The molecule has 0 unspecified atom stereocenters. The first-order chi connectivity index (χ1) is 9.72. The second kappa shape index (κ2) is 5.54. The monoisotopic (exact) mass is 287 g/mol. The highest BCUT2D eigenvalue weighted by Gasteiger charge is 2.12. The van der Waals surface area contributed by atoms with Crippen LogP contribution in [0.4, 0.5) is 0 Å². The highest BCUT2D eigenvalue weighted by atomic mass is 32.2. The molecule has 1 aromatic heterocycles. The number of nitrogens with zero attached hydrogens (tertiary/aromatic N) is 1. The number of benzene rings is 1. The van der Waals surface area contributed by atoms with Gasteiger partial charge in [0.05, 0.1) is 0 Å². The van der Waals surface area contributed by atoms with Gasteiger partial charge >= 0.3 is 0 Å². The standard InChI is InChI=1S/C15H13NO3S/c1-10(17)13-4-2-12(9-16-13)20-11-3-5-14-15(8-11)19-7-6-18-14/h2-5,8-9H,6-7H2,1H3. The van der Waals surface area contributed by atoms with Crippen LogP contribution in [0.1, 0.15) is 17.4 Å². The van der Waals surface area contributed by atoms with E-state index in [9.17, 15) is 4.79 Å². The summed E-state index contributed by atoms with van der Waals surface area (Å²) >= 11 is 1.57. The highest BCUT2D eigenvalue weighted by Crippen LogP contribution is 2.36. The molecule has 0 aliphatic carbocycles. The quantitative estimate of drug-likeness (QED) is 0.811. The molecule has 0 fully saturated rings. The van der Waals surface area contributed by atoms with E-state index < -0.39 is 0 Å². The molecule has 0 spiro atoms. The minimum atomic E-state index is -0.0270. The summed E-state index contributed by atoms with van der Waals surface area (Å²) in [7, 11) is 0. The lowest BCUT2D eigenvalue weighted by Gasteiger charge is -2.18. The first-order valence-electron chi connectivity index (χ1n) is 6.27. The van der Waals surface area contributed by atoms with Crippen molar-refractivity contribution in [2.24, 2.45) is 0 Å². The van der Waals surface area contributed by atoms with Crippen LogP contribution in [-0.2, 0) is 0 Å². The van der Waals surface area contributed by atoms with Crippen molar-refractivity contribution >= 4 is 17.5 Å². The van der Waals surface area contributed by atoms with Crippen molar-refractivity contribution in [2.75, 3.05) is 13.2 Å². The largest absolute Gasteiger partial charge is 0.486 e. The van der Waals surface area contributed by atoms with E-state index in [4.69, 9.17) is 9.47 Å². The molecule has 0 amide bonds. The van der Waals surface area contributed by atoms with Crippen LogP contribution in [0, 0.1) is 0 Å². The third-order valence-corrected chi connectivity index (χ3v) is 3.81. The van der Waals surface area contributed by atoms with Gasteiger partial charge in [-0.05, 0) is 30.3 Å². The molecule has 0 bridgehead atoms. The Morgan fingerprint density at radius 3 is 2.55 bits per heavy atom. The number of ether oxygens (including phenoxy) is 2. The number of hydrogen-bond acceptors (Lipinski definition) is 5. The Morgan fingerprint density at radius 2 is 1.85 bits per heavy atom. The van der Waals surface area contributed by atoms with Crippen LogP contribution in [0.5, 0.6) is 11.5 Å². The van der Waals surface area contributed by atoms with E-state index in [0.717, 1.165) is 21.3 Å². The summed E-state index contributed by atoms with van der Waals surface area (Å²) in [6.07, 6.45) is 1.71. The van der Waals surface area contributed by atoms with Crippen LogP contribution in [0.2, 0.25) is 0 Å². The molecule has 0 atom stereocenters. The number of rotatable bonds is 3. The number of aromatic nitrogens is 1. The number of carbonyl (C=O) groups is 1. The van der Waals surface area contributed by atoms with E-state index in [1.54, 1.807) is 24.0 Å². The molecule has 2 aromatic rings. The van der Waals surface area contributed by atoms with Crippen molar-refractivity contribution in [3.63, 3.8) is 0 Å². The fraction of sp³-hybridized carbons (Fsp3) is 0.200. The number of Topliss-reactive ketones (excluding diaryl/α,β-unsaturated/α-hetero) is 1. The molecule has 4 nitrogen and oxygen atoms in total. The third kappa shape index (κ3) is 2.77. The Labute approximate surface area is 121 Å². The summed E-state index contributed by atoms with van der Waals surface area (Å²) in [5.74, 6) is 1.53. The predicted octanol–water partition coefficient (Wildman–Crippen LogP) is 3.21. The minimum absolute atomic E-state index is 0.0270. The van der Waals surface area contributed by atoms with Gasteiger partial charge < -0.3 is 9.47 Å². The zero-order chi connectivity index (χ0) is 13.9. The number of pyridine rings is 1. The van der Waals surface area contributed by atoms with Gasteiger partial charge in [0.25, 0.3) is 0 Å². The molecule has 2 heterocycles. The lowest BCUT2D eigenvalue weighted by molar-refractivity contribution is 0.101. The third-order valence-electron chi connectivity index (χ3n) is 2.85. The Bertz CT molecular complexity index is 640. The molecule has 102 valence electrons. The van der Waals surface area contributed by atoms with Crippen LogP contribution >= 0.6 is 11.8 Å². The molecule has 0 saturated carbocycles. The van der Waals surface area contributed by atoms with Gasteiger partial charge in [-0.2, -0.15) is 0 Å². The van der Waals surface area contributed by atoms with Crippen LogP contribution in [0.15, 0.2) is 46.3 Å². The zero-order valence-corrected chi connectivity index (χ0v) is 11.8. The van der Waals surface area contributed by atoms with Crippen molar-refractivity contribution in [1.82, 2.24) is 4.98 Å². The van der Waals surface area contributed by atoms with Gasteiger partial charge in [0.1, 0.15) is 18.9 Å². The van der Waals surface area contributed by atoms with Crippen molar-refractivity contribution in [3.05, 3.63) is 42.2 Å². The Morgan fingerprint density at radius 1 is 1.10 bits per heavy atom. The van der Waals surface area contributed by atoms with Crippen molar-refractivity contribution in [1.29, 1.82) is 0 Å². The summed E-state index contributed by atoms with van der Waals surface area (Å²) in [5, 5.41) is 0. The Hall–Kier alpha value is -2.01. The molecule has 1 aliphatic rings. The van der Waals surface area contributed by atoms with E-state index in [1.807, 2.05) is 24.3 Å². The van der Waals surface area contributed by atoms with E-state index in [-0.39, 0.29) is 5.78 Å². The van der Waals surface area contributed by atoms with Crippen molar-refractivity contribution in [3.8, 4) is 11.5 Å². The average molecular weight is 287 g/mol. The number of carbonyl (C=O) groups excluding carboxylic acids is 1. The van der Waals surface area contributed by atoms with Crippen LogP contribution in [-0.4, -0.2) is 24.0 Å². The van der Waals surface area contributed by atoms with E-state index >= 15 is 0 Å². The first-order valence-corrected chi connectivity index (χ1v) is 7.08. The first kappa shape index (κ1) is 13.0. The van der Waals surface area contributed by atoms with E-state index in [0.29, 0.717) is 18.9 Å². The second-order valence-electron chi connectivity index (χ2n) is 4.34. The summed E-state index contributed by atoms with van der Waals surface area (Å²) in [6.45, 7) is 2.68. The van der Waals surface area contributed by atoms with E-state index in [2.05, 4.69) is 4.98 Å².